The van der Waals surface area contributed by atoms with Gasteiger partial charge in [-0.15, -0.1) is 11.8 Å². The highest BCUT2D eigenvalue weighted by atomic mass is 32.2. The summed E-state index contributed by atoms with van der Waals surface area (Å²) in [5.74, 6) is 0.0582. The van der Waals surface area contributed by atoms with E-state index in [4.69, 9.17) is 4.74 Å². The lowest BCUT2D eigenvalue weighted by Gasteiger charge is -2.38. The van der Waals surface area contributed by atoms with Gasteiger partial charge < -0.3 is 10.1 Å². The Labute approximate surface area is 228 Å². The number of hydrazine groups is 2. The molecular formula is C29H23N5O4S. The van der Waals surface area contributed by atoms with Gasteiger partial charge in [0.1, 0.15) is 5.75 Å². The molecule has 9 nitrogen and oxygen atoms in total. The van der Waals surface area contributed by atoms with Gasteiger partial charge in [0.15, 0.2) is 6.73 Å². The molecule has 3 aliphatic rings. The van der Waals surface area contributed by atoms with E-state index in [2.05, 4.69) is 16.2 Å². The predicted octanol–water partition coefficient (Wildman–Crippen LogP) is 4.09. The Bertz CT molecular complexity index is 1650. The number of fused-ring (bicyclic) bond motifs is 5. The third kappa shape index (κ3) is 3.63. The fraction of sp³-hybridized carbons (Fsp3) is 0.138. The molecule has 0 radical (unpaired) electrons. The van der Waals surface area contributed by atoms with Crippen LogP contribution in [0.15, 0.2) is 91.0 Å². The molecule has 1 saturated heterocycles. The first-order valence-corrected chi connectivity index (χ1v) is 13.5. The Kier molecular flexibility index (Phi) is 5.46. The van der Waals surface area contributed by atoms with Crippen LogP contribution >= 0.6 is 11.8 Å². The molecule has 3 N–H and O–H groups in total. The minimum absolute atomic E-state index is 0.0564. The summed E-state index contributed by atoms with van der Waals surface area (Å²) in [6, 6.07) is 28.0. The lowest BCUT2D eigenvalue weighted by Crippen LogP contribution is -2.60. The van der Waals surface area contributed by atoms with Crippen molar-refractivity contribution in [2.24, 2.45) is 0 Å². The molecule has 194 valence electrons. The maximum atomic E-state index is 13.5. The Hall–Kier alpha value is -4.54. The number of para-hydroxylation sites is 1. The first-order chi connectivity index (χ1) is 19.1. The minimum Gasteiger partial charge on any atom is -0.476 e. The fourth-order valence-electron chi connectivity index (χ4n) is 5.58. The molecule has 4 aromatic carbocycles. The van der Waals surface area contributed by atoms with Crippen molar-refractivity contribution in [1.29, 1.82) is 0 Å². The summed E-state index contributed by atoms with van der Waals surface area (Å²) in [6.07, 6.45) is 0. The second-order valence-corrected chi connectivity index (χ2v) is 10.6. The zero-order valence-electron chi connectivity index (χ0n) is 20.6. The highest BCUT2D eigenvalue weighted by molar-refractivity contribution is 8.02. The normalized spacial score (nSPS) is 21.8. The van der Waals surface area contributed by atoms with E-state index in [0.717, 1.165) is 32.7 Å². The molecule has 3 aliphatic heterocycles. The van der Waals surface area contributed by atoms with Crippen LogP contribution in [0.1, 0.15) is 22.7 Å². The largest absolute Gasteiger partial charge is 0.476 e. The van der Waals surface area contributed by atoms with Crippen molar-refractivity contribution in [1.82, 2.24) is 20.9 Å². The molecule has 4 aromatic rings. The Morgan fingerprint density at radius 3 is 2.56 bits per heavy atom. The number of thioether (sulfide) groups is 1. The van der Waals surface area contributed by atoms with Gasteiger partial charge in [0.2, 0.25) is 4.87 Å². The Balaban J connectivity index is 1.22. The third-order valence-electron chi connectivity index (χ3n) is 7.27. The molecule has 39 heavy (non-hydrogen) atoms. The topological polar surface area (TPSA) is 103 Å². The van der Waals surface area contributed by atoms with Crippen LogP contribution in [0.2, 0.25) is 0 Å². The average Bonchev–Trinajstić information content (AvgIpc) is 3.45. The number of urea groups is 1. The second-order valence-electron chi connectivity index (χ2n) is 9.47. The van der Waals surface area contributed by atoms with Crippen molar-refractivity contribution >= 4 is 46.1 Å². The van der Waals surface area contributed by atoms with E-state index in [0.29, 0.717) is 11.3 Å². The molecule has 3 heterocycles. The van der Waals surface area contributed by atoms with Gasteiger partial charge in [0.05, 0.1) is 11.8 Å². The number of hydrogen-bond donors (Lipinski definition) is 3. The summed E-state index contributed by atoms with van der Waals surface area (Å²) < 4.78 is 6.08. The fourth-order valence-corrected chi connectivity index (χ4v) is 6.84. The smallest absolute Gasteiger partial charge is 0.348 e. The summed E-state index contributed by atoms with van der Waals surface area (Å²) in [5.41, 5.74) is 8.71. The van der Waals surface area contributed by atoms with E-state index in [1.54, 1.807) is 23.2 Å². The van der Waals surface area contributed by atoms with Crippen molar-refractivity contribution < 1.29 is 19.1 Å². The van der Waals surface area contributed by atoms with Gasteiger partial charge in [-0.25, -0.2) is 15.2 Å². The molecule has 0 aromatic heterocycles. The van der Waals surface area contributed by atoms with Crippen LogP contribution in [0.3, 0.4) is 0 Å². The summed E-state index contributed by atoms with van der Waals surface area (Å²) in [4.78, 5) is 38.2. The summed E-state index contributed by atoms with van der Waals surface area (Å²) in [5, 5.41) is 7.74. The highest BCUT2D eigenvalue weighted by Crippen LogP contribution is 2.51. The molecule has 7 rings (SSSR count). The van der Waals surface area contributed by atoms with Crippen LogP contribution in [0.5, 0.6) is 5.75 Å². The summed E-state index contributed by atoms with van der Waals surface area (Å²) in [6.45, 7) is 0.0788. The van der Waals surface area contributed by atoms with E-state index >= 15 is 0 Å². The first-order valence-electron chi connectivity index (χ1n) is 12.5. The molecule has 0 aliphatic carbocycles. The number of carbonyl (C=O) groups is 3. The molecule has 1 spiro atoms. The van der Waals surface area contributed by atoms with Gasteiger partial charge in [-0.1, -0.05) is 78.9 Å². The van der Waals surface area contributed by atoms with E-state index in [9.17, 15) is 14.4 Å². The average molecular weight is 538 g/mol. The maximum Gasteiger partial charge on any atom is 0.348 e. The standard InChI is InChI=1S/C29H23N5O4S/c35-24-16-39-29(21-12-6-7-13-22(21)30-27(29)36)34(24)32-28(37)31-33-17-38-23-15-14-18-8-4-5-11-20(18)25(23)26(33)19-9-2-1-3-10-19/h1-15,26H,16-17H2,(H,30,36)(H2,31,32,37). The number of nitrogens with one attached hydrogen (secondary N) is 3. The highest BCUT2D eigenvalue weighted by Gasteiger charge is 2.59. The van der Waals surface area contributed by atoms with Crippen molar-refractivity contribution in [3.05, 3.63) is 108 Å². The third-order valence-corrected chi connectivity index (χ3v) is 8.66. The zero-order valence-corrected chi connectivity index (χ0v) is 21.4. The van der Waals surface area contributed by atoms with E-state index < -0.39 is 10.9 Å². The number of nitrogens with zero attached hydrogens (tertiary/aromatic N) is 2. The number of benzene rings is 4. The van der Waals surface area contributed by atoms with Crippen LogP contribution in [0.25, 0.3) is 10.8 Å². The molecule has 1 fully saturated rings. The van der Waals surface area contributed by atoms with Crippen molar-refractivity contribution in [3.63, 3.8) is 0 Å². The number of rotatable bonds is 3. The number of hydrogen-bond acceptors (Lipinski definition) is 6. The van der Waals surface area contributed by atoms with Crippen molar-refractivity contribution in [2.75, 3.05) is 17.8 Å². The van der Waals surface area contributed by atoms with Crippen LogP contribution in [-0.2, 0) is 14.5 Å². The van der Waals surface area contributed by atoms with Crippen molar-refractivity contribution in [3.8, 4) is 5.75 Å². The Morgan fingerprint density at radius 2 is 1.69 bits per heavy atom. The lowest BCUT2D eigenvalue weighted by molar-refractivity contribution is -0.139. The van der Waals surface area contributed by atoms with E-state index in [1.165, 1.54) is 11.8 Å². The van der Waals surface area contributed by atoms with Crippen LogP contribution in [-0.4, -0.2) is 40.3 Å². The molecule has 4 amide bonds. The van der Waals surface area contributed by atoms with E-state index in [1.807, 2.05) is 72.8 Å². The number of ether oxygens (including phenoxy) is 1. The molecule has 10 heteroatoms. The Morgan fingerprint density at radius 1 is 0.923 bits per heavy atom. The van der Waals surface area contributed by atoms with Crippen LogP contribution in [0.4, 0.5) is 10.5 Å². The number of anilines is 1. The van der Waals surface area contributed by atoms with Gasteiger partial charge in [-0.2, -0.15) is 5.01 Å². The predicted molar refractivity (Wildman–Crippen MR) is 147 cm³/mol. The van der Waals surface area contributed by atoms with Gasteiger partial charge in [0, 0.05) is 16.8 Å². The SMILES string of the molecule is O=C(NN1COc2ccc3ccccc3c2C1c1ccccc1)NN1C(=O)CSC12C(=O)Nc1ccccc12. The molecule has 2 atom stereocenters. The summed E-state index contributed by atoms with van der Waals surface area (Å²) in [7, 11) is 0. The summed E-state index contributed by atoms with van der Waals surface area (Å²) >= 11 is 1.18. The minimum atomic E-state index is -1.37. The van der Waals surface area contributed by atoms with Gasteiger partial charge in [-0.05, 0) is 28.5 Å². The molecule has 0 bridgehead atoms. The van der Waals surface area contributed by atoms with Gasteiger partial charge in [0.25, 0.3) is 11.8 Å². The van der Waals surface area contributed by atoms with Crippen molar-refractivity contribution in [2.45, 2.75) is 10.9 Å². The maximum absolute atomic E-state index is 13.5. The van der Waals surface area contributed by atoms with Gasteiger partial charge in [-0.3, -0.25) is 15.0 Å². The molecule has 0 saturated carbocycles. The molecule has 2 unspecified atom stereocenters. The lowest BCUT2D eigenvalue weighted by atomic mass is 9.91. The number of amides is 4. The first kappa shape index (κ1) is 23.6. The quantitative estimate of drug-likeness (QED) is 0.364. The second kappa shape index (κ2) is 9.04. The molecular weight excluding hydrogens is 514 g/mol. The van der Waals surface area contributed by atoms with Crippen LogP contribution < -0.4 is 20.9 Å². The van der Waals surface area contributed by atoms with Crippen LogP contribution in [0, 0.1) is 0 Å². The zero-order chi connectivity index (χ0) is 26.6. The number of carbonyl (C=O) groups excluding carboxylic acids is 3. The van der Waals surface area contributed by atoms with E-state index in [-0.39, 0.29) is 30.3 Å². The monoisotopic (exact) mass is 537 g/mol. The van der Waals surface area contributed by atoms with Gasteiger partial charge >= 0.3 is 6.03 Å².